The van der Waals surface area contributed by atoms with Gasteiger partial charge in [0.1, 0.15) is 0 Å². The average molecular weight is 176 g/mol. The van der Waals surface area contributed by atoms with Crippen molar-refractivity contribution in [3.8, 4) is 12.3 Å². The summed E-state index contributed by atoms with van der Waals surface area (Å²) in [7, 11) is -0.819. The van der Waals surface area contributed by atoms with E-state index in [0.29, 0.717) is 11.7 Å². The lowest BCUT2D eigenvalue weighted by Gasteiger charge is -2.01. The summed E-state index contributed by atoms with van der Waals surface area (Å²) >= 11 is 4.60. The normalized spacial score (nSPS) is 15.7. The van der Waals surface area contributed by atoms with Crippen molar-refractivity contribution in [1.82, 2.24) is 0 Å². The molecule has 0 bridgehead atoms. The molecule has 10 heavy (non-hydrogen) atoms. The van der Waals surface area contributed by atoms with Gasteiger partial charge in [-0.05, 0) is 24.0 Å². The van der Waals surface area contributed by atoms with E-state index in [1.54, 1.807) is 0 Å². The van der Waals surface area contributed by atoms with E-state index in [1.807, 2.05) is 6.92 Å². The minimum absolute atomic E-state index is 0.318. The molecule has 0 aliphatic rings. The summed E-state index contributed by atoms with van der Waals surface area (Å²) in [6, 6.07) is 0. The molecule has 0 aliphatic carbocycles. The Hall–Kier alpha value is 0.0900. The van der Waals surface area contributed by atoms with Crippen LogP contribution < -0.4 is 0 Å². The predicted molar refractivity (Wildman–Crippen MR) is 49.5 cm³/mol. The highest BCUT2D eigenvalue weighted by Gasteiger charge is 1.96. The van der Waals surface area contributed by atoms with E-state index in [-0.39, 0.29) is 0 Å². The molecule has 1 nitrogen and oxygen atoms in total. The van der Waals surface area contributed by atoms with Crippen LogP contribution in [-0.2, 0) is 20.9 Å². The summed E-state index contributed by atoms with van der Waals surface area (Å²) in [5.74, 6) is 3.65. The number of hydrogen-bond acceptors (Lipinski definition) is 1. The highest BCUT2D eigenvalue weighted by atomic mass is 32.8. The summed E-state index contributed by atoms with van der Waals surface area (Å²) in [6.45, 7) is 2.00. The van der Waals surface area contributed by atoms with Crippen LogP contribution in [0.5, 0.6) is 0 Å². The van der Waals surface area contributed by atoms with Crippen molar-refractivity contribution in [3.63, 3.8) is 0 Å². The van der Waals surface area contributed by atoms with Crippen molar-refractivity contribution in [2.75, 3.05) is 5.75 Å². The van der Waals surface area contributed by atoms with Crippen LogP contribution in [0.1, 0.15) is 19.8 Å². The summed E-state index contributed by atoms with van der Waals surface area (Å²) in [5, 5.41) is 0. The first-order valence-corrected chi connectivity index (χ1v) is 5.48. The summed E-state index contributed by atoms with van der Waals surface area (Å²) < 4.78 is 8.73. The lowest BCUT2D eigenvalue weighted by molar-refractivity contribution is 0.628. The zero-order valence-corrected chi connectivity index (χ0v) is 7.67. The van der Waals surface area contributed by atoms with Gasteiger partial charge in [-0.2, -0.15) is 0 Å². The lowest BCUT2D eigenvalue weighted by Crippen LogP contribution is -1.97. The maximum Gasteiger partial charge on any atom is 0.0224 e. The lowest BCUT2D eigenvalue weighted by atomic mass is 10.1. The minimum atomic E-state index is -0.819. The molecule has 3 heteroatoms. The van der Waals surface area contributed by atoms with E-state index < -0.39 is 9.74 Å². The maximum absolute atomic E-state index is 8.73. The van der Waals surface area contributed by atoms with Gasteiger partial charge in [0, 0.05) is 21.4 Å². The van der Waals surface area contributed by atoms with E-state index in [4.69, 9.17) is 11.0 Å². The monoisotopic (exact) mass is 176 g/mol. The molecular formula is C7H12OS2. The SMILES string of the molecule is C#CC(C)CCCS(O)=S. The Bertz CT molecular complexity index is 148. The maximum atomic E-state index is 8.73. The van der Waals surface area contributed by atoms with Crippen molar-refractivity contribution in [1.29, 1.82) is 0 Å². The topological polar surface area (TPSA) is 20.2 Å². The zero-order valence-electron chi connectivity index (χ0n) is 6.04. The predicted octanol–water partition coefficient (Wildman–Crippen LogP) is 1.59. The van der Waals surface area contributed by atoms with Crippen LogP contribution in [0, 0.1) is 18.3 Å². The van der Waals surface area contributed by atoms with Crippen molar-refractivity contribution >= 4 is 20.9 Å². The van der Waals surface area contributed by atoms with Crippen LogP contribution in [0.4, 0.5) is 0 Å². The Morgan fingerprint density at radius 1 is 1.80 bits per heavy atom. The quantitative estimate of drug-likeness (QED) is 0.656. The number of hydrogen-bond donors (Lipinski definition) is 1. The van der Waals surface area contributed by atoms with Crippen LogP contribution >= 0.6 is 0 Å². The third-order valence-corrected chi connectivity index (χ3v) is 2.38. The summed E-state index contributed by atoms with van der Waals surface area (Å²) in [4.78, 5) is 0. The second-order valence-corrected chi connectivity index (χ2v) is 4.44. The molecule has 2 atom stereocenters. The number of rotatable bonds is 4. The molecule has 2 unspecified atom stereocenters. The van der Waals surface area contributed by atoms with Gasteiger partial charge in [0.15, 0.2) is 0 Å². The molecule has 0 radical (unpaired) electrons. The Kier molecular flexibility index (Phi) is 5.90. The summed E-state index contributed by atoms with van der Waals surface area (Å²) in [6.07, 6.45) is 7.06. The largest absolute Gasteiger partial charge is 0.327 e. The smallest absolute Gasteiger partial charge is 0.0224 e. The van der Waals surface area contributed by atoms with Crippen molar-refractivity contribution < 1.29 is 4.55 Å². The van der Waals surface area contributed by atoms with Crippen molar-refractivity contribution in [2.24, 2.45) is 5.92 Å². The van der Waals surface area contributed by atoms with Crippen molar-refractivity contribution in [2.45, 2.75) is 19.8 Å². The molecule has 0 aromatic carbocycles. The van der Waals surface area contributed by atoms with E-state index in [9.17, 15) is 0 Å². The molecule has 1 N–H and O–H groups in total. The van der Waals surface area contributed by atoms with Crippen molar-refractivity contribution in [3.05, 3.63) is 0 Å². The van der Waals surface area contributed by atoms with Gasteiger partial charge in [0.05, 0.1) is 0 Å². The fraction of sp³-hybridized carbons (Fsp3) is 0.714. The Morgan fingerprint density at radius 2 is 2.40 bits per heavy atom. The van der Waals surface area contributed by atoms with Gasteiger partial charge >= 0.3 is 0 Å². The highest BCUT2D eigenvalue weighted by Crippen LogP contribution is 2.03. The molecule has 0 fully saturated rings. The van der Waals surface area contributed by atoms with Crippen LogP contribution in [0.2, 0.25) is 0 Å². The molecule has 58 valence electrons. The molecule has 0 aliphatic heterocycles. The van der Waals surface area contributed by atoms with Gasteiger partial charge in [-0.25, -0.2) is 0 Å². The zero-order chi connectivity index (χ0) is 7.98. The third-order valence-electron chi connectivity index (χ3n) is 1.24. The van der Waals surface area contributed by atoms with Gasteiger partial charge in [-0.1, -0.05) is 6.92 Å². The Labute approximate surface area is 69.6 Å². The summed E-state index contributed by atoms with van der Waals surface area (Å²) in [5.41, 5.74) is 0. The average Bonchev–Trinajstić information content (AvgIpc) is 1.87. The molecule has 0 saturated heterocycles. The van der Waals surface area contributed by atoms with Gasteiger partial charge in [0.25, 0.3) is 0 Å². The number of terminal acetylenes is 1. The molecule has 0 amide bonds. The van der Waals surface area contributed by atoms with Crippen LogP contribution in [0.3, 0.4) is 0 Å². The van der Waals surface area contributed by atoms with Crippen LogP contribution in [-0.4, -0.2) is 10.3 Å². The first-order chi connectivity index (χ1) is 4.66. The second kappa shape index (κ2) is 5.84. The van der Waals surface area contributed by atoms with Crippen LogP contribution in [0.25, 0.3) is 0 Å². The Morgan fingerprint density at radius 3 is 2.80 bits per heavy atom. The third kappa shape index (κ3) is 6.21. The van der Waals surface area contributed by atoms with Gasteiger partial charge in [-0.15, -0.1) is 12.3 Å². The fourth-order valence-corrected chi connectivity index (χ4v) is 1.36. The Balaban J connectivity index is 3.22. The molecular weight excluding hydrogens is 164 g/mol. The van der Waals surface area contributed by atoms with Gasteiger partial charge in [-0.3, -0.25) is 0 Å². The first kappa shape index (κ1) is 10.1. The molecule has 0 spiro atoms. The molecule has 0 rings (SSSR count). The first-order valence-electron chi connectivity index (χ1n) is 3.20. The molecule has 0 aromatic rings. The standard InChI is InChI=1S/C7H12OS2/c1-3-7(2)5-4-6-10(8)9/h1,7H,4-6H2,2H3,(H,8,9). The highest BCUT2D eigenvalue weighted by molar-refractivity contribution is 8.25. The van der Waals surface area contributed by atoms with E-state index in [2.05, 4.69) is 17.1 Å². The van der Waals surface area contributed by atoms with Gasteiger partial charge < -0.3 is 4.55 Å². The van der Waals surface area contributed by atoms with E-state index in [0.717, 1.165) is 12.8 Å². The second-order valence-electron chi connectivity index (χ2n) is 2.24. The van der Waals surface area contributed by atoms with Gasteiger partial charge in [0.2, 0.25) is 0 Å². The molecule has 0 heterocycles. The molecule has 0 aromatic heterocycles. The minimum Gasteiger partial charge on any atom is -0.327 e. The fourth-order valence-electron chi connectivity index (χ4n) is 0.596. The van der Waals surface area contributed by atoms with E-state index in [1.165, 1.54) is 0 Å². The van der Waals surface area contributed by atoms with Crippen LogP contribution in [0.15, 0.2) is 0 Å². The van der Waals surface area contributed by atoms with E-state index >= 15 is 0 Å². The molecule has 0 saturated carbocycles.